The SMILES string of the molecule is O=C1OC2(CCCC2)OC(=O)C1=Ic1ccc2ncccc2c1. The number of hydrogen-bond donors (Lipinski definition) is 0. The Morgan fingerprint density at radius 3 is 2.52 bits per heavy atom. The van der Waals surface area contributed by atoms with Gasteiger partial charge in [-0.25, -0.2) is 9.59 Å². The van der Waals surface area contributed by atoms with Crippen molar-refractivity contribution < 1.29 is 19.1 Å². The lowest BCUT2D eigenvalue weighted by molar-refractivity contribution is -0.224. The molecule has 0 amide bonds. The third-order valence-electron chi connectivity index (χ3n) is 4.05. The predicted octanol–water partition coefficient (Wildman–Crippen LogP) is 2.92. The summed E-state index contributed by atoms with van der Waals surface area (Å²) in [4.78, 5) is 28.8. The van der Waals surface area contributed by atoms with Crippen LogP contribution in [0.2, 0.25) is 0 Å². The fourth-order valence-electron chi connectivity index (χ4n) is 2.94. The van der Waals surface area contributed by atoms with E-state index in [-0.39, 0.29) is 3.51 Å². The van der Waals surface area contributed by atoms with E-state index in [1.165, 1.54) is 0 Å². The summed E-state index contributed by atoms with van der Waals surface area (Å²) in [5.74, 6) is -1.99. The molecule has 2 heterocycles. The molecule has 1 spiro atoms. The molecule has 1 aliphatic heterocycles. The van der Waals surface area contributed by atoms with E-state index >= 15 is 0 Å². The van der Waals surface area contributed by atoms with Gasteiger partial charge in [-0.2, -0.15) is 0 Å². The zero-order valence-corrected chi connectivity index (χ0v) is 14.4. The van der Waals surface area contributed by atoms with Crippen LogP contribution in [0.3, 0.4) is 0 Å². The molecule has 0 radical (unpaired) electrons. The fourth-order valence-corrected chi connectivity index (χ4v) is 5.08. The number of fused-ring (bicyclic) bond motifs is 1. The van der Waals surface area contributed by atoms with Crippen LogP contribution >= 0.6 is 20.7 Å². The number of carbonyl (C=O) groups is 2. The highest BCUT2D eigenvalue weighted by molar-refractivity contribution is 14.2. The van der Waals surface area contributed by atoms with Gasteiger partial charge in [0.2, 0.25) is 0 Å². The van der Waals surface area contributed by atoms with Crippen molar-refractivity contribution >= 4 is 47.1 Å². The van der Waals surface area contributed by atoms with E-state index in [1.807, 2.05) is 30.3 Å². The molecule has 1 aliphatic carbocycles. The summed E-state index contributed by atoms with van der Waals surface area (Å²) in [5.41, 5.74) is 0.893. The van der Waals surface area contributed by atoms with E-state index in [0.29, 0.717) is 12.8 Å². The molecular formula is C17H14INO4. The summed E-state index contributed by atoms with van der Waals surface area (Å²) in [7, 11) is 0. The number of esters is 2. The molecule has 0 N–H and O–H groups in total. The maximum Gasteiger partial charge on any atom is 0.354 e. The minimum Gasteiger partial charge on any atom is -0.418 e. The van der Waals surface area contributed by atoms with Crippen molar-refractivity contribution in [2.24, 2.45) is 0 Å². The quantitative estimate of drug-likeness (QED) is 0.522. The maximum atomic E-state index is 12.3. The van der Waals surface area contributed by atoms with Gasteiger partial charge in [-0.3, -0.25) is 4.98 Å². The van der Waals surface area contributed by atoms with Crippen molar-refractivity contribution in [2.45, 2.75) is 31.5 Å². The van der Waals surface area contributed by atoms with Gasteiger partial charge < -0.3 is 9.47 Å². The Balaban J connectivity index is 1.67. The van der Waals surface area contributed by atoms with Crippen LogP contribution in [0.25, 0.3) is 10.9 Å². The lowest BCUT2D eigenvalue weighted by Gasteiger charge is -2.32. The van der Waals surface area contributed by atoms with Crippen LogP contribution in [-0.4, -0.2) is 26.2 Å². The second-order valence-electron chi connectivity index (χ2n) is 5.65. The van der Waals surface area contributed by atoms with Gasteiger partial charge >= 0.3 is 11.9 Å². The highest BCUT2D eigenvalue weighted by Crippen LogP contribution is 2.37. The number of nitrogens with zero attached hydrogens (tertiary/aromatic N) is 1. The fraction of sp³-hybridized carbons (Fsp3) is 0.294. The molecule has 118 valence electrons. The van der Waals surface area contributed by atoms with Crippen LogP contribution in [-0.2, 0) is 19.1 Å². The maximum absolute atomic E-state index is 12.3. The first-order valence-corrected chi connectivity index (χ1v) is 9.64. The van der Waals surface area contributed by atoms with Crippen molar-refractivity contribution in [3.8, 4) is 0 Å². The number of halogens is 1. The van der Waals surface area contributed by atoms with E-state index in [1.54, 1.807) is 6.20 Å². The molecular weight excluding hydrogens is 409 g/mol. The number of carbonyl (C=O) groups excluding carboxylic acids is 2. The first-order valence-electron chi connectivity index (χ1n) is 7.48. The summed E-state index contributed by atoms with van der Waals surface area (Å²) >= 11 is -0.942. The molecule has 0 atom stereocenters. The summed E-state index contributed by atoms with van der Waals surface area (Å²) < 4.78 is 12.1. The number of pyridine rings is 1. The Bertz CT molecular complexity index is 817. The Morgan fingerprint density at radius 2 is 1.78 bits per heavy atom. The van der Waals surface area contributed by atoms with Crippen molar-refractivity contribution in [1.82, 2.24) is 4.98 Å². The Labute approximate surface area is 142 Å². The second kappa shape index (κ2) is 5.67. The van der Waals surface area contributed by atoms with E-state index in [0.717, 1.165) is 27.3 Å². The first kappa shape index (κ1) is 14.7. The third-order valence-corrected chi connectivity index (χ3v) is 6.76. The topological polar surface area (TPSA) is 65.5 Å². The average molecular weight is 423 g/mol. The molecule has 4 rings (SSSR count). The normalized spacial score (nSPS) is 19.9. The molecule has 0 bridgehead atoms. The first-order chi connectivity index (χ1) is 11.2. The van der Waals surface area contributed by atoms with Gasteiger partial charge in [0.1, 0.15) is 0 Å². The molecule has 2 aliphatic rings. The van der Waals surface area contributed by atoms with Gasteiger partial charge in [0.25, 0.3) is 5.79 Å². The number of benzene rings is 1. The Hall–Kier alpha value is -1.83. The van der Waals surface area contributed by atoms with Gasteiger partial charge in [0.05, 0.1) is 5.52 Å². The number of hydrogen-bond acceptors (Lipinski definition) is 5. The van der Waals surface area contributed by atoms with Crippen molar-refractivity contribution in [3.05, 3.63) is 40.1 Å². The van der Waals surface area contributed by atoms with Crippen molar-refractivity contribution in [3.63, 3.8) is 0 Å². The molecule has 2 fully saturated rings. The highest BCUT2D eigenvalue weighted by atomic mass is 127. The van der Waals surface area contributed by atoms with Gasteiger partial charge in [-0.05, 0) is 37.1 Å². The summed E-state index contributed by atoms with van der Waals surface area (Å²) in [6, 6.07) is 9.62. The van der Waals surface area contributed by atoms with E-state index in [4.69, 9.17) is 9.47 Å². The summed E-state index contributed by atoms with van der Waals surface area (Å²) in [6.07, 6.45) is 4.80. The largest absolute Gasteiger partial charge is 0.418 e. The van der Waals surface area contributed by atoms with Crippen LogP contribution in [0.4, 0.5) is 0 Å². The predicted molar refractivity (Wildman–Crippen MR) is 92.9 cm³/mol. The zero-order chi connectivity index (χ0) is 15.9. The molecule has 1 aromatic carbocycles. The van der Waals surface area contributed by atoms with Crippen LogP contribution in [0.1, 0.15) is 25.7 Å². The Morgan fingerprint density at radius 1 is 1.04 bits per heavy atom. The molecule has 5 nitrogen and oxygen atoms in total. The second-order valence-corrected chi connectivity index (χ2v) is 8.51. The van der Waals surface area contributed by atoms with Crippen LogP contribution in [0.5, 0.6) is 0 Å². The summed E-state index contributed by atoms with van der Waals surface area (Å²) in [5, 5.41) is 0.995. The highest BCUT2D eigenvalue weighted by Gasteiger charge is 2.48. The summed E-state index contributed by atoms with van der Waals surface area (Å²) in [6.45, 7) is 0. The zero-order valence-electron chi connectivity index (χ0n) is 12.3. The van der Waals surface area contributed by atoms with E-state index < -0.39 is 38.5 Å². The molecule has 1 saturated carbocycles. The smallest absolute Gasteiger partial charge is 0.354 e. The van der Waals surface area contributed by atoms with Gasteiger partial charge in [0.15, 0.2) is 3.51 Å². The molecule has 1 aromatic heterocycles. The van der Waals surface area contributed by atoms with Crippen LogP contribution in [0, 0.1) is 3.57 Å². The minimum absolute atomic E-state index is 0.171. The molecule has 6 heteroatoms. The van der Waals surface area contributed by atoms with Gasteiger partial charge in [0, 0.05) is 28.0 Å². The van der Waals surface area contributed by atoms with Crippen LogP contribution in [0.15, 0.2) is 36.5 Å². The lowest BCUT2D eigenvalue weighted by atomic mass is 10.2. The average Bonchev–Trinajstić information content (AvgIpc) is 2.98. The van der Waals surface area contributed by atoms with Gasteiger partial charge in [-0.1, -0.05) is 26.8 Å². The number of ether oxygens (including phenoxy) is 2. The monoisotopic (exact) mass is 423 g/mol. The van der Waals surface area contributed by atoms with Crippen LogP contribution < -0.4 is 0 Å². The minimum atomic E-state index is -0.991. The lowest BCUT2D eigenvalue weighted by Crippen LogP contribution is -2.48. The van der Waals surface area contributed by atoms with Crippen molar-refractivity contribution in [1.29, 1.82) is 0 Å². The molecule has 1 saturated heterocycles. The standard InChI is InChI=1S/C17H14INO4/c20-15-14(16(21)23-17(22-15)7-1-2-8-17)18-12-5-6-13-11(10-12)4-3-9-19-13/h3-6,9-10H,1-2,7-8H2. The molecule has 23 heavy (non-hydrogen) atoms. The van der Waals surface area contributed by atoms with Crippen molar-refractivity contribution in [2.75, 3.05) is 0 Å². The number of aromatic nitrogens is 1. The number of rotatable bonds is 1. The van der Waals surface area contributed by atoms with Gasteiger partial charge in [-0.15, -0.1) is 0 Å². The van der Waals surface area contributed by atoms with E-state index in [9.17, 15) is 9.59 Å². The Kier molecular flexibility index (Phi) is 3.63. The third kappa shape index (κ3) is 2.75. The molecule has 2 aromatic rings. The molecule has 0 unspecified atom stereocenters. The van der Waals surface area contributed by atoms with E-state index in [2.05, 4.69) is 4.98 Å².